The van der Waals surface area contributed by atoms with Crippen LogP contribution in [0.3, 0.4) is 0 Å². The molecule has 1 unspecified atom stereocenters. The molecule has 0 aliphatic carbocycles. The minimum absolute atomic E-state index is 0. The fraction of sp³-hybridized carbons (Fsp3) is 0.950. The third-order valence-electron chi connectivity index (χ3n) is 5.37. The van der Waals surface area contributed by atoms with Crippen molar-refractivity contribution in [1.29, 1.82) is 0 Å². The van der Waals surface area contributed by atoms with Crippen molar-refractivity contribution in [2.24, 2.45) is 10.9 Å². The van der Waals surface area contributed by atoms with E-state index in [1.54, 1.807) is 14.0 Å². The van der Waals surface area contributed by atoms with Crippen molar-refractivity contribution in [1.82, 2.24) is 20.0 Å². The smallest absolute Gasteiger partial charge is 0.356 e. The molecule has 0 spiro atoms. The number of nitrogens with zero attached hydrogens (tertiary/aromatic N) is 4. The lowest BCUT2D eigenvalue weighted by molar-refractivity contribution is -0.146. The van der Waals surface area contributed by atoms with Gasteiger partial charge in [0.2, 0.25) is 0 Å². The van der Waals surface area contributed by atoms with Crippen LogP contribution in [0.4, 0.5) is 13.2 Å². The number of hydrogen-bond donors (Lipinski definition) is 1. The zero-order valence-corrected chi connectivity index (χ0v) is 21.3. The van der Waals surface area contributed by atoms with Crippen LogP contribution in [-0.4, -0.2) is 91.8 Å². The second kappa shape index (κ2) is 13.9. The van der Waals surface area contributed by atoms with Crippen molar-refractivity contribution in [2.75, 3.05) is 52.9 Å². The van der Waals surface area contributed by atoms with Gasteiger partial charge in [0.1, 0.15) is 0 Å². The molecule has 0 aromatic rings. The maximum absolute atomic E-state index is 12.7. The Labute approximate surface area is 192 Å². The largest absolute Gasteiger partial charge is 0.401 e. The van der Waals surface area contributed by atoms with Crippen LogP contribution in [0.25, 0.3) is 0 Å². The van der Waals surface area contributed by atoms with Crippen LogP contribution < -0.4 is 5.32 Å². The van der Waals surface area contributed by atoms with Gasteiger partial charge in [-0.3, -0.25) is 14.8 Å². The summed E-state index contributed by atoms with van der Waals surface area (Å²) in [5.74, 6) is 1.11. The van der Waals surface area contributed by atoms with Crippen molar-refractivity contribution in [3.63, 3.8) is 0 Å². The molecule has 29 heavy (non-hydrogen) atoms. The molecule has 0 saturated carbocycles. The molecule has 1 atom stereocenters. The Kier molecular flexibility index (Phi) is 13.8. The van der Waals surface area contributed by atoms with Gasteiger partial charge >= 0.3 is 6.18 Å². The predicted molar refractivity (Wildman–Crippen MR) is 126 cm³/mol. The Morgan fingerprint density at radius 1 is 1.21 bits per heavy atom. The maximum atomic E-state index is 12.7. The van der Waals surface area contributed by atoms with Crippen molar-refractivity contribution < 1.29 is 13.2 Å². The number of aliphatic imine (C=N–C) groups is 1. The molecule has 1 fully saturated rings. The number of likely N-dealkylation sites (tertiary alicyclic amines) is 1. The lowest BCUT2D eigenvalue weighted by Crippen LogP contribution is -2.43. The van der Waals surface area contributed by atoms with E-state index in [0.717, 1.165) is 45.0 Å². The summed E-state index contributed by atoms with van der Waals surface area (Å²) in [7, 11) is 1.77. The highest BCUT2D eigenvalue weighted by Crippen LogP contribution is 2.21. The molecule has 0 aromatic heterocycles. The Balaban J connectivity index is 0.00000784. The van der Waals surface area contributed by atoms with E-state index in [0.29, 0.717) is 25.2 Å². The fourth-order valence-corrected chi connectivity index (χ4v) is 4.00. The average Bonchev–Trinajstić information content (AvgIpc) is 3.03. The van der Waals surface area contributed by atoms with Gasteiger partial charge in [-0.05, 0) is 53.0 Å². The van der Waals surface area contributed by atoms with Gasteiger partial charge in [-0.15, -0.1) is 24.0 Å². The molecule has 0 aromatic carbocycles. The van der Waals surface area contributed by atoms with Gasteiger partial charge in [-0.1, -0.05) is 6.92 Å². The molecule has 1 aliphatic heterocycles. The topological polar surface area (TPSA) is 34.1 Å². The monoisotopic (exact) mass is 535 g/mol. The standard InChI is InChI=1S/C20H40F3N5.HI/c1-7-26(15-20(21,22)23)13-18-9-12-27(14-18)19(24-6)25-10-8-11-28(16(2)3)17(4)5;/h16-18H,7-15H2,1-6H3,(H,24,25);1H. The van der Waals surface area contributed by atoms with E-state index in [1.165, 1.54) is 4.90 Å². The Morgan fingerprint density at radius 2 is 1.83 bits per heavy atom. The summed E-state index contributed by atoms with van der Waals surface area (Å²) in [6, 6.07) is 1.05. The van der Waals surface area contributed by atoms with Crippen LogP contribution in [-0.2, 0) is 0 Å². The highest BCUT2D eigenvalue weighted by atomic mass is 127. The second-order valence-corrected chi connectivity index (χ2v) is 8.30. The first-order chi connectivity index (χ1) is 13.1. The van der Waals surface area contributed by atoms with Crippen LogP contribution in [0.2, 0.25) is 0 Å². The molecular formula is C20H41F3IN5. The van der Waals surface area contributed by atoms with Gasteiger partial charge in [0.25, 0.3) is 0 Å². The molecule has 0 bridgehead atoms. The van der Waals surface area contributed by atoms with E-state index in [-0.39, 0.29) is 29.9 Å². The van der Waals surface area contributed by atoms with Gasteiger partial charge in [0.05, 0.1) is 6.54 Å². The Hall–Kier alpha value is -0.290. The first-order valence-electron chi connectivity index (χ1n) is 10.6. The van der Waals surface area contributed by atoms with Crippen molar-refractivity contribution in [3.05, 3.63) is 0 Å². The Morgan fingerprint density at radius 3 is 2.31 bits per heavy atom. The second-order valence-electron chi connectivity index (χ2n) is 8.30. The summed E-state index contributed by atoms with van der Waals surface area (Å²) >= 11 is 0. The zero-order chi connectivity index (χ0) is 21.3. The molecule has 1 N–H and O–H groups in total. The van der Waals surface area contributed by atoms with Crippen molar-refractivity contribution in [3.8, 4) is 0 Å². The highest BCUT2D eigenvalue weighted by Gasteiger charge is 2.33. The molecule has 1 saturated heterocycles. The molecule has 9 heteroatoms. The molecule has 5 nitrogen and oxygen atoms in total. The molecule has 174 valence electrons. The summed E-state index contributed by atoms with van der Waals surface area (Å²) in [5.41, 5.74) is 0. The van der Waals surface area contributed by atoms with Gasteiger partial charge < -0.3 is 10.2 Å². The summed E-state index contributed by atoms with van der Waals surface area (Å²) < 4.78 is 38.0. The van der Waals surface area contributed by atoms with Crippen LogP contribution >= 0.6 is 24.0 Å². The Bertz CT molecular complexity index is 464. The number of nitrogens with one attached hydrogen (secondary N) is 1. The summed E-state index contributed by atoms with van der Waals surface area (Å²) in [5, 5.41) is 3.43. The van der Waals surface area contributed by atoms with Gasteiger partial charge in [0.15, 0.2) is 5.96 Å². The zero-order valence-electron chi connectivity index (χ0n) is 18.9. The minimum Gasteiger partial charge on any atom is -0.356 e. The first kappa shape index (κ1) is 28.7. The van der Waals surface area contributed by atoms with E-state index >= 15 is 0 Å². The number of guanidine groups is 1. The summed E-state index contributed by atoms with van der Waals surface area (Å²) in [6.45, 7) is 14.2. The van der Waals surface area contributed by atoms with Crippen LogP contribution in [0, 0.1) is 5.92 Å². The lowest BCUT2D eigenvalue weighted by atomic mass is 10.1. The van der Waals surface area contributed by atoms with E-state index in [9.17, 15) is 13.2 Å². The lowest BCUT2D eigenvalue weighted by Gasteiger charge is -2.30. The molecule has 1 rings (SSSR count). The molecule has 0 radical (unpaired) electrons. The van der Waals surface area contributed by atoms with Crippen molar-refractivity contribution in [2.45, 2.75) is 65.7 Å². The minimum atomic E-state index is -4.13. The molecule has 1 heterocycles. The summed E-state index contributed by atoms with van der Waals surface area (Å²) in [6.07, 6.45) is -2.20. The fourth-order valence-electron chi connectivity index (χ4n) is 4.00. The van der Waals surface area contributed by atoms with E-state index in [4.69, 9.17) is 0 Å². The third-order valence-corrected chi connectivity index (χ3v) is 5.37. The predicted octanol–water partition coefficient (Wildman–Crippen LogP) is 3.89. The van der Waals surface area contributed by atoms with Crippen LogP contribution in [0.15, 0.2) is 4.99 Å². The normalized spacial score (nSPS) is 18.3. The quantitative estimate of drug-likeness (QED) is 0.199. The van der Waals surface area contributed by atoms with E-state index < -0.39 is 12.7 Å². The van der Waals surface area contributed by atoms with E-state index in [2.05, 4.69) is 47.8 Å². The van der Waals surface area contributed by atoms with Crippen molar-refractivity contribution >= 4 is 29.9 Å². The van der Waals surface area contributed by atoms with Crippen LogP contribution in [0.1, 0.15) is 47.5 Å². The third kappa shape index (κ3) is 11.1. The average molecular weight is 535 g/mol. The maximum Gasteiger partial charge on any atom is 0.401 e. The summed E-state index contributed by atoms with van der Waals surface area (Å²) in [4.78, 5) is 10.5. The van der Waals surface area contributed by atoms with E-state index in [1.807, 2.05) is 0 Å². The highest BCUT2D eigenvalue weighted by molar-refractivity contribution is 14.0. The number of hydrogen-bond acceptors (Lipinski definition) is 3. The number of halogens is 4. The SMILES string of the molecule is CCN(CC1CCN(C(=NC)NCCCN(C(C)C)C(C)C)C1)CC(F)(F)F.I. The van der Waals surface area contributed by atoms with Gasteiger partial charge in [0, 0.05) is 51.9 Å². The van der Waals surface area contributed by atoms with Gasteiger partial charge in [-0.2, -0.15) is 13.2 Å². The molecule has 0 amide bonds. The molecular weight excluding hydrogens is 494 g/mol. The van der Waals surface area contributed by atoms with Crippen LogP contribution in [0.5, 0.6) is 0 Å². The molecule has 1 aliphatic rings. The number of rotatable bonds is 10. The number of alkyl halides is 3. The first-order valence-corrected chi connectivity index (χ1v) is 10.6. The van der Waals surface area contributed by atoms with Gasteiger partial charge in [-0.25, -0.2) is 0 Å².